The third-order valence-electron chi connectivity index (χ3n) is 4.04. The minimum absolute atomic E-state index is 0.419. The molecule has 0 aliphatic carbocycles. The average molecular weight is 311 g/mol. The maximum absolute atomic E-state index is 10.3. The molecule has 0 bridgehead atoms. The Morgan fingerprint density at radius 1 is 1.14 bits per heavy atom. The van der Waals surface area contributed by atoms with E-state index in [1.54, 1.807) is 0 Å². The van der Waals surface area contributed by atoms with Crippen LogP contribution in [-0.2, 0) is 0 Å². The SMILES string of the molecule is CC(C)CN1CCN(CCC(O)c2cccc(Cl)c2)CC1. The topological polar surface area (TPSA) is 26.7 Å². The van der Waals surface area contributed by atoms with Crippen molar-refractivity contribution in [1.29, 1.82) is 0 Å². The van der Waals surface area contributed by atoms with E-state index in [9.17, 15) is 5.11 Å². The van der Waals surface area contributed by atoms with Gasteiger partial charge in [-0.2, -0.15) is 0 Å². The van der Waals surface area contributed by atoms with E-state index in [1.807, 2.05) is 24.3 Å². The van der Waals surface area contributed by atoms with E-state index in [-0.39, 0.29) is 0 Å². The third-order valence-corrected chi connectivity index (χ3v) is 4.28. The number of hydrogen-bond donors (Lipinski definition) is 1. The highest BCUT2D eigenvalue weighted by atomic mass is 35.5. The lowest BCUT2D eigenvalue weighted by Gasteiger charge is -2.35. The van der Waals surface area contributed by atoms with Crippen LogP contribution < -0.4 is 0 Å². The van der Waals surface area contributed by atoms with Crippen LogP contribution in [0.4, 0.5) is 0 Å². The molecule has 3 nitrogen and oxygen atoms in total. The number of benzene rings is 1. The van der Waals surface area contributed by atoms with Crippen molar-refractivity contribution in [2.24, 2.45) is 5.92 Å². The summed E-state index contributed by atoms with van der Waals surface area (Å²) < 4.78 is 0. The average Bonchev–Trinajstić information content (AvgIpc) is 2.45. The summed E-state index contributed by atoms with van der Waals surface area (Å²) in [6.07, 6.45) is 0.349. The number of nitrogens with zero attached hydrogens (tertiary/aromatic N) is 2. The van der Waals surface area contributed by atoms with Crippen LogP contribution in [0.15, 0.2) is 24.3 Å². The monoisotopic (exact) mass is 310 g/mol. The van der Waals surface area contributed by atoms with E-state index in [1.165, 1.54) is 6.54 Å². The fourth-order valence-corrected chi connectivity index (χ4v) is 3.10. The Balaban J connectivity index is 1.72. The zero-order valence-electron chi connectivity index (χ0n) is 13.1. The molecule has 1 aromatic carbocycles. The predicted octanol–water partition coefficient (Wildman–Crippen LogP) is 3.04. The van der Waals surface area contributed by atoms with Crippen molar-refractivity contribution < 1.29 is 5.11 Å². The van der Waals surface area contributed by atoms with Crippen LogP contribution in [-0.4, -0.2) is 54.2 Å². The first-order valence-electron chi connectivity index (χ1n) is 7.93. The molecule has 0 saturated carbocycles. The van der Waals surface area contributed by atoms with Gasteiger partial charge in [0.15, 0.2) is 0 Å². The molecule has 1 aliphatic rings. The Hall–Kier alpha value is -0.610. The molecule has 118 valence electrons. The summed E-state index contributed by atoms with van der Waals surface area (Å²) in [6, 6.07) is 7.53. The molecule has 0 radical (unpaired) electrons. The fraction of sp³-hybridized carbons (Fsp3) is 0.647. The smallest absolute Gasteiger partial charge is 0.0802 e. The molecule has 1 atom stereocenters. The molecule has 0 spiro atoms. The summed E-state index contributed by atoms with van der Waals surface area (Å²) >= 11 is 5.97. The highest BCUT2D eigenvalue weighted by Crippen LogP contribution is 2.20. The number of aliphatic hydroxyl groups excluding tert-OH is 1. The summed E-state index contributed by atoms with van der Waals surface area (Å²) in [5.74, 6) is 0.737. The van der Waals surface area contributed by atoms with Crippen molar-refractivity contribution in [3.05, 3.63) is 34.9 Å². The Bertz CT molecular complexity index is 431. The van der Waals surface area contributed by atoms with Crippen LogP contribution in [0.25, 0.3) is 0 Å². The summed E-state index contributed by atoms with van der Waals surface area (Å²) in [7, 11) is 0. The zero-order valence-corrected chi connectivity index (χ0v) is 13.9. The maximum atomic E-state index is 10.3. The van der Waals surface area contributed by atoms with Gasteiger partial charge in [-0.05, 0) is 30.0 Å². The second-order valence-corrected chi connectivity index (χ2v) is 6.83. The highest BCUT2D eigenvalue weighted by Gasteiger charge is 2.18. The van der Waals surface area contributed by atoms with Gasteiger partial charge in [0.05, 0.1) is 6.10 Å². The molecular weight excluding hydrogens is 284 g/mol. The minimum Gasteiger partial charge on any atom is -0.388 e. The van der Waals surface area contributed by atoms with Crippen molar-refractivity contribution in [2.45, 2.75) is 26.4 Å². The lowest BCUT2D eigenvalue weighted by atomic mass is 10.1. The van der Waals surface area contributed by atoms with Gasteiger partial charge in [0.2, 0.25) is 0 Å². The summed E-state index contributed by atoms with van der Waals surface area (Å²) in [6.45, 7) is 11.2. The van der Waals surface area contributed by atoms with Gasteiger partial charge >= 0.3 is 0 Å². The first-order valence-corrected chi connectivity index (χ1v) is 8.30. The molecule has 21 heavy (non-hydrogen) atoms. The molecule has 1 aliphatic heterocycles. The van der Waals surface area contributed by atoms with Crippen LogP contribution in [0, 0.1) is 5.92 Å². The molecule has 2 rings (SSSR count). The zero-order chi connectivity index (χ0) is 15.2. The van der Waals surface area contributed by atoms with Crippen LogP contribution in [0.3, 0.4) is 0 Å². The molecule has 1 unspecified atom stereocenters. The van der Waals surface area contributed by atoms with Crippen molar-refractivity contribution in [3.8, 4) is 0 Å². The molecule has 4 heteroatoms. The van der Waals surface area contributed by atoms with E-state index in [2.05, 4.69) is 23.6 Å². The van der Waals surface area contributed by atoms with Gasteiger partial charge in [0.1, 0.15) is 0 Å². The van der Waals surface area contributed by atoms with Crippen LogP contribution >= 0.6 is 11.6 Å². The Morgan fingerprint density at radius 2 is 1.81 bits per heavy atom. The number of rotatable bonds is 6. The van der Waals surface area contributed by atoms with Gasteiger partial charge in [0.25, 0.3) is 0 Å². The van der Waals surface area contributed by atoms with Crippen LogP contribution in [0.1, 0.15) is 31.9 Å². The number of piperazine rings is 1. The largest absolute Gasteiger partial charge is 0.388 e. The summed E-state index contributed by atoms with van der Waals surface area (Å²) in [5.41, 5.74) is 0.918. The number of halogens is 1. The summed E-state index contributed by atoms with van der Waals surface area (Å²) in [5, 5.41) is 10.9. The normalized spacial score (nSPS) is 19.1. The third kappa shape index (κ3) is 5.59. The van der Waals surface area contributed by atoms with Crippen LogP contribution in [0.5, 0.6) is 0 Å². The van der Waals surface area contributed by atoms with E-state index in [0.29, 0.717) is 5.02 Å². The Kier molecular flexibility index (Phi) is 6.49. The lowest BCUT2D eigenvalue weighted by molar-refractivity contribution is 0.0971. The van der Waals surface area contributed by atoms with Crippen LogP contribution in [0.2, 0.25) is 5.02 Å². The minimum atomic E-state index is -0.419. The molecule has 1 fully saturated rings. The standard InChI is InChI=1S/C17H27ClN2O/c1-14(2)13-20-10-8-19(9-11-20)7-6-17(21)15-4-3-5-16(18)12-15/h3-5,12,14,17,21H,6-11,13H2,1-2H3. The first-order chi connectivity index (χ1) is 10.0. The van der Waals surface area contributed by atoms with E-state index in [0.717, 1.165) is 50.6 Å². The molecule has 1 heterocycles. The van der Waals surface area contributed by atoms with E-state index >= 15 is 0 Å². The maximum Gasteiger partial charge on any atom is 0.0802 e. The quantitative estimate of drug-likeness (QED) is 0.875. The fourth-order valence-electron chi connectivity index (χ4n) is 2.90. The number of hydrogen-bond acceptors (Lipinski definition) is 3. The molecule has 1 saturated heterocycles. The van der Waals surface area contributed by atoms with Crippen molar-refractivity contribution >= 4 is 11.6 Å². The Labute approximate surface area is 133 Å². The van der Waals surface area contributed by atoms with Crippen molar-refractivity contribution in [3.63, 3.8) is 0 Å². The predicted molar refractivity (Wildman–Crippen MR) is 88.7 cm³/mol. The van der Waals surface area contributed by atoms with E-state index < -0.39 is 6.10 Å². The lowest BCUT2D eigenvalue weighted by Crippen LogP contribution is -2.47. The van der Waals surface area contributed by atoms with E-state index in [4.69, 9.17) is 11.6 Å². The highest BCUT2D eigenvalue weighted by molar-refractivity contribution is 6.30. The second-order valence-electron chi connectivity index (χ2n) is 6.40. The van der Waals surface area contributed by atoms with Gasteiger partial charge in [-0.1, -0.05) is 37.6 Å². The Morgan fingerprint density at radius 3 is 2.43 bits per heavy atom. The van der Waals surface area contributed by atoms with Gasteiger partial charge in [-0.15, -0.1) is 0 Å². The molecule has 1 N–H and O–H groups in total. The van der Waals surface area contributed by atoms with Gasteiger partial charge in [-0.25, -0.2) is 0 Å². The van der Waals surface area contributed by atoms with Crippen molar-refractivity contribution in [2.75, 3.05) is 39.3 Å². The second kappa shape index (κ2) is 8.14. The number of aliphatic hydroxyl groups is 1. The van der Waals surface area contributed by atoms with Gasteiger partial charge < -0.3 is 14.9 Å². The van der Waals surface area contributed by atoms with Crippen molar-refractivity contribution in [1.82, 2.24) is 9.80 Å². The van der Waals surface area contributed by atoms with Gasteiger partial charge in [0, 0.05) is 44.3 Å². The molecule has 0 aromatic heterocycles. The first kappa shape index (κ1) is 16.8. The van der Waals surface area contributed by atoms with Gasteiger partial charge in [-0.3, -0.25) is 0 Å². The summed E-state index contributed by atoms with van der Waals surface area (Å²) in [4.78, 5) is 4.99. The molecule has 0 amide bonds. The molecule has 1 aromatic rings. The molecular formula is C17H27ClN2O.